The molecule has 1 aliphatic rings. The Kier molecular flexibility index (Phi) is 4.59. The van der Waals surface area contributed by atoms with Crippen LogP contribution in [0.15, 0.2) is 36.5 Å². The van der Waals surface area contributed by atoms with Crippen LogP contribution in [0.1, 0.15) is 41.7 Å². The second kappa shape index (κ2) is 6.82. The van der Waals surface area contributed by atoms with Crippen LogP contribution in [-0.2, 0) is 16.8 Å². The Morgan fingerprint density at radius 1 is 1.21 bits per heavy atom. The van der Waals surface area contributed by atoms with E-state index in [1.807, 2.05) is 18.2 Å². The number of aromatic nitrogens is 3. The molecule has 126 valence electrons. The highest BCUT2D eigenvalue weighted by atomic mass is 16.4. The van der Waals surface area contributed by atoms with Crippen molar-refractivity contribution in [3.8, 4) is 0 Å². The predicted octanol–water partition coefficient (Wildman–Crippen LogP) is 1.60. The molecule has 24 heavy (non-hydrogen) atoms. The molecule has 3 rings (SSSR count). The Hall–Kier alpha value is -2.70. The van der Waals surface area contributed by atoms with Gasteiger partial charge in [-0.1, -0.05) is 48.4 Å². The van der Waals surface area contributed by atoms with E-state index in [0.717, 1.165) is 25.7 Å². The van der Waals surface area contributed by atoms with E-state index in [4.69, 9.17) is 5.11 Å². The molecule has 0 atom stereocenters. The first-order valence-corrected chi connectivity index (χ1v) is 8.05. The lowest BCUT2D eigenvalue weighted by Crippen LogP contribution is -2.40. The molecule has 1 heterocycles. The summed E-state index contributed by atoms with van der Waals surface area (Å²) < 4.78 is 1.24. The number of nitrogens with one attached hydrogen (secondary N) is 1. The van der Waals surface area contributed by atoms with Crippen LogP contribution < -0.4 is 5.32 Å². The van der Waals surface area contributed by atoms with Gasteiger partial charge in [-0.2, -0.15) is 0 Å². The first-order valence-electron chi connectivity index (χ1n) is 8.05. The van der Waals surface area contributed by atoms with Crippen LogP contribution in [0.2, 0.25) is 0 Å². The van der Waals surface area contributed by atoms with Gasteiger partial charge in [0.05, 0.1) is 6.20 Å². The summed E-state index contributed by atoms with van der Waals surface area (Å²) in [5.41, 5.74) is 1.09. The summed E-state index contributed by atoms with van der Waals surface area (Å²) in [6, 6.07) is 10.3. The van der Waals surface area contributed by atoms with Crippen molar-refractivity contribution in [2.24, 2.45) is 0 Å². The van der Waals surface area contributed by atoms with Gasteiger partial charge < -0.3 is 10.4 Å². The maximum absolute atomic E-state index is 12.2. The van der Waals surface area contributed by atoms with E-state index in [1.54, 1.807) is 0 Å². The zero-order chi connectivity index (χ0) is 17.0. The van der Waals surface area contributed by atoms with Crippen molar-refractivity contribution in [1.82, 2.24) is 20.3 Å². The zero-order valence-electron chi connectivity index (χ0n) is 13.3. The number of carbonyl (C=O) groups is 2. The van der Waals surface area contributed by atoms with Crippen molar-refractivity contribution in [1.29, 1.82) is 0 Å². The lowest BCUT2D eigenvalue weighted by molar-refractivity contribution is -0.122. The molecule has 0 saturated heterocycles. The van der Waals surface area contributed by atoms with Crippen molar-refractivity contribution >= 4 is 11.9 Å². The Labute approximate surface area is 139 Å². The molecule has 2 aromatic rings. The molecule has 0 aliphatic heterocycles. The van der Waals surface area contributed by atoms with Crippen LogP contribution in [0, 0.1) is 0 Å². The minimum absolute atomic E-state index is 0.00842. The van der Waals surface area contributed by atoms with Crippen LogP contribution in [0.4, 0.5) is 0 Å². The van der Waals surface area contributed by atoms with Crippen molar-refractivity contribution in [2.45, 2.75) is 37.6 Å². The van der Waals surface area contributed by atoms with Crippen molar-refractivity contribution in [2.75, 3.05) is 6.54 Å². The van der Waals surface area contributed by atoms with E-state index in [-0.39, 0.29) is 23.6 Å². The molecule has 0 unspecified atom stereocenters. The third-order valence-electron chi connectivity index (χ3n) is 4.63. The number of benzene rings is 1. The quantitative estimate of drug-likeness (QED) is 0.839. The maximum Gasteiger partial charge on any atom is 0.358 e. The molecule has 0 radical (unpaired) electrons. The Morgan fingerprint density at radius 3 is 2.54 bits per heavy atom. The summed E-state index contributed by atoms with van der Waals surface area (Å²) in [6.07, 6.45) is 5.70. The third-order valence-corrected chi connectivity index (χ3v) is 4.63. The summed E-state index contributed by atoms with van der Waals surface area (Å²) in [5.74, 6) is -1.35. The SMILES string of the molecule is O=C(Cn1cc(C(=O)O)nn1)NCC1(c2ccccc2)CCCC1. The van der Waals surface area contributed by atoms with Gasteiger partial charge in [0.15, 0.2) is 5.69 Å². The van der Waals surface area contributed by atoms with Crippen LogP contribution in [-0.4, -0.2) is 38.5 Å². The monoisotopic (exact) mass is 328 g/mol. The first kappa shape index (κ1) is 16.2. The summed E-state index contributed by atoms with van der Waals surface area (Å²) in [6.45, 7) is 0.543. The van der Waals surface area contributed by atoms with Crippen molar-refractivity contribution in [3.63, 3.8) is 0 Å². The second-order valence-corrected chi connectivity index (χ2v) is 6.24. The molecule has 2 N–H and O–H groups in total. The molecule has 1 amide bonds. The molecule has 1 fully saturated rings. The van der Waals surface area contributed by atoms with Crippen molar-refractivity contribution < 1.29 is 14.7 Å². The molecule has 0 spiro atoms. The molecule has 1 aliphatic carbocycles. The number of rotatable bonds is 6. The number of amides is 1. The Morgan fingerprint density at radius 2 is 1.92 bits per heavy atom. The van der Waals surface area contributed by atoms with Gasteiger partial charge in [0, 0.05) is 12.0 Å². The van der Waals surface area contributed by atoms with Crippen LogP contribution >= 0.6 is 0 Å². The smallest absolute Gasteiger partial charge is 0.358 e. The fourth-order valence-corrected chi connectivity index (χ4v) is 3.36. The molecule has 1 saturated carbocycles. The van der Waals surface area contributed by atoms with Gasteiger partial charge in [-0.25, -0.2) is 9.48 Å². The van der Waals surface area contributed by atoms with Crippen LogP contribution in [0.5, 0.6) is 0 Å². The maximum atomic E-state index is 12.2. The van der Waals surface area contributed by atoms with E-state index in [0.29, 0.717) is 6.54 Å². The molecule has 1 aromatic heterocycles. The van der Waals surface area contributed by atoms with Gasteiger partial charge in [-0.15, -0.1) is 5.10 Å². The van der Waals surface area contributed by atoms with E-state index in [2.05, 4.69) is 27.8 Å². The Bertz CT molecular complexity index is 720. The average molecular weight is 328 g/mol. The number of hydrogen-bond donors (Lipinski definition) is 2. The number of aromatic carboxylic acids is 1. The zero-order valence-corrected chi connectivity index (χ0v) is 13.3. The van der Waals surface area contributed by atoms with Gasteiger partial charge in [-0.3, -0.25) is 4.79 Å². The molecular weight excluding hydrogens is 308 g/mol. The van der Waals surface area contributed by atoms with E-state index in [1.165, 1.54) is 16.4 Å². The molecule has 7 nitrogen and oxygen atoms in total. The molecule has 0 bridgehead atoms. The van der Waals surface area contributed by atoms with Gasteiger partial charge in [-0.05, 0) is 18.4 Å². The normalized spacial score (nSPS) is 16.0. The minimum Gasteiger partial charge on any atom is -0.476 e. The second-order valence-electron chi connectivity index (χ2n) is 6.24. The Balaban J connectivity index is 1.62. The van der Waals surface area contributed by atoms with Gasteiger partial charge in [0.1, 0.15) is 6.54 Å². The topological polar surface area (TPSA) is 97.1 Å². The van der Waals surface area contributed by atoms with E-state index in [9.17, 15) is 9.59 Å². The molecular formula is C17H20N4O3. The predicted molar refractivity (Wildman–Crippen MR) is 86.6 cm³/mol. The number of carbonyl (C=O) groups excluding carboxylic acids is 1. The highest BCUT2D eigenvalue weighted by Gasteiger charge is 2.35. The standard InChI is InChI=1S/C17H20N4O3/c22-15(11-21-10-14(16(23)24)19-20-21)18-12-17(8-4-5-9-17)13-6-2-1-3-7-13/h1-3,6-7,10H,4-5,8-9,11-12H2,(H,18,22)(H,23,24). The lowest BCUT2D eigenvalue weighted by Gasteiger charge is -2.30. The van der Waals surface area contributed by atoms with Crippen LogP contribution in [0.25, 0.3) is 0 Å². The summed E-state index contributed by atoms with van der Waals surface area (Å²) >= 11 is 0. The number of nitrogens with zero attached hydrogens (tertiary/aromatic N) is 3. The van der Waals surface area contributed by atoms with Gasteiger partial charge in [0.2, 0.25) is 5.91 Å². The first-order chi connectivity index (χ1) is 11.6. The molecule has 7 heteroatoms. The fourth-order valence-electron chi connectivity index (χ4n) is 3.36. The number of carboxylic acids is 1. The summed E-state index contributed by atoms with van der Waals surface area (Å²) in [7, 11) is 0. The van der Waals surface area contributed by atoms with Gasteiger partial charge >= 0.3 is 5.97 Å². The van der Waals surface area contributed by atoms with Gasteiger partial charge in [0.25, 0.3) is 0 Å². The summed E-state index contributed by atoms with van der Waals surface area (Å²) in [4.78, 5) is 23.0. The number of carboxylic acid groups (broad SMARTS) is 1. The highest BCUT2D eigenvalue weighted by molar-refractivity contribution is 5.84. The number of hydrogen-bond acceptors (Lipinski definition) is 4. The minimum atomic E-state index is -1.16. The fraction of sp³-hybridized carbons (Fsp3) is 0.412. The molecule has 1 aromatic carbocycles. The average Bonchev–Trinajstić information content (AvgIpc) is 3.24. The lowest BCUT2D eigenvalue weighted by atomic mass is 9.79. The van der Waals surface area contributed by atoms with E-state index < -0.39 is 5.97 Å². The highest BCUT2D eigenvalue weighted by Crippen LogP contribution is 2.40. The van der Waals surface area contributed by atoms with Crippen LogP contribution in [0.3, 0.4) is 0 Å². The van der Waals surface area contributed by atoms with E-state index >= 15 is 0 Å². The largest absolute Gasteiger partial charge is 0.476 e. The summed E-state index contributed by atoms with van der Waals surface area (Å²) in [5, 5.41) is 19.0. The third kappa shape index (κ3) is 3.45. The van der Waals surface area contributed by atoms with Crippen molar-refractivity contribution in [3.05, 3.63) is 47.8 Å².